The fraction of sp³-hybridized carbons (Fsp3) is 0.331. The van der Waals surface area contributed by atoms with Crippen LogP contribution >= 0.6 is 11.3 Å². The number of nitrogens with zero attached hydrogens (tertiary/aromatic N) is 17. The van der Waals surface area contributed by atoms with Crippen molar-refractivity contribution in [1.29, 1.82) is 0 Å². The maximum Gasteiger partial charge on any atom is 0.464 e. The lowest BCUT2D eigenvalue weighted by atomic mass is 9.88. The average molecular weight is 1940 g/mol. The molecule has 0 amide bonds. The van der Waals surface area contributed by atoms with Gasteiger partial charge >= 0.3 is 23.0 Å². The van der Waals surface area contributed by atoms with E-state index in [1.807, 2.05) is 29.9 Å². The highest BCUT2D eigenvalue weighted by atomic mass is 32.1. The van der Waals surface area contributed by atoms with Crippen LogP contribution in [0.5, 0.6) is 0 Å². The van der Waals surface area contributed by atoms with Gasteiger partial charge in [0.05, 0.1) is 113 Å². The van der Waals surface area contributed by atoms with Crippen LogP contribution < -0.4 is 72.1 Å². The lowest BCUT2D eigenvalue weighted by Crippen LogP contribution is -2.52. The van der Waals surface area contributed by atoms with E-state index in [0.717, 1.165) is 23.1 Å². The van der Waals surface area contributed by atoms with Gasteiger partial charge in [-0.1, -0.05) is 218 Å². The lowest BCUT2D eigenvalue weighted by molar-refractivity contribution is -0.789. The highest BCUT2D eigenvalue weighted by Crippen LogP contribution is 2.57. The van der Waals surface area contributed by atoms with Gasteiger partial charge in [0.1, 0.15) is 31.9 Å². The molecule has 0 saturated heterocycles. The first-order chi connectivity index (χ1) is 68.8. The van der Waals surface area contributed by atoms with Crippen LogP contribution in [0.1, 0.15) is 199 Å². The summed E-state index contributed by atoms with van der Waals surface area (Å²) in [5.74, 6) is 2.45. The van der Waals surface area contributed by atoms with Gasteiger partial charge in [-0.2, -0.15) is 23.9 Å². The van der Waals surface area contributed by atoms with Crippen molar-refractivity contribution in [2.45, 2.75) is 237 Å². The molecule has 10 heterocycles. The van der Waals surface area contributed by atoms with Gasteiger partial charge in [0.15, 0.2) is 76.6 Å². The quantitative estimate of drug-likeness (QED) is 0.0814. The second kappa shape index (κ2) is 39.1. The minimum atomic E-state index is -0.194. The zero-order valence-corrected chi connectivity index (χ0v) is 90.9. The molecule has 5 atom stereocenters. The van der Waals surface area contributed by atoms with E-state index >= 15 is 0 Å². The molecule has 742 valence electrons. The zero-order chi connectivity index (χ0) is 102. The molecule has 0 saturated carbocycles. The standard InChI is InChI=1S/C29H35N4.C26H28N3O.C25H33N4.C22H26N3O.C22H26N3S/c1-20(2)33-25-17-11-9-15-23(25)28(30(33)7)31-22(4)32(27-19-13-12-18-26(27)31)29(5,6)24-16-10-8-14-21(24)3;1-18-12-6-7-13-20(18)26(3,4)29-19(2)28(21-14-8-9-15-22(21)29)25-27(5)23-16-10-11-17-24(23)30-25;1-18(2)27-17-16-24(26(27)7)28-20(4)29(23-15-11-10-14-22(23)28)25(5,6)21-13-9-8-12-19(21)3;2*1-16-10-6-7-11-18(16)22(3,4)25-17(2)24(21-23(5)14-15-26-21)19-12-8-9-13-20(19)25/h8-20,22H,1-7H3;6-17,19H,1-5H3;8-18,20H,1-7H3;2*6-15,17H,1-5H3/q5*+1/t22-;19-;20-;2*17-/m11111/s1. The van der Waals surface area contributed by atoms with Crippen molar-refractivity contribution in [3.63, 3.8) is 0 Å². The lowest BCUT2D eigenvalue weighted by Gasteiger charge is -2.43. The maximum atomic E-state index is 6.36. The normalized spacial score (nSPS) is 16.6. The molecular formula is C124H148N17O2S+5. The van der Waals surface area contributed by atoms with E-state index in [1.165, 1.54) is 140 Å². The molecule has 5 aromatic heterocycles. The van der Waals surface area contributed by atoms with Crippen LogP contribution in [0.3, 0.4) is 0 Å². The summed E-state index contributed by atoms with van der Waals surface area (Å²) in [7, 11) is 10.6. The second-order valence-corrected chi connectivity index (χ2v) is 43.5. The Labute approximate surface area is 858 Å². The summed E-state index contributed by atoms with van der Waals surface area (Å²) in [6.07, 6.45) is 8.77. The third kappa shape index (κ3) is 17.0. The largest absolute Gasteiger partial charge is 0.464 e. The number of rotatable bonds is 17. The number of oxazole rings is 2. The fourth-order valence-corrected chi connectivity index (χ4v) is 25.9. The van der Waals surface area contributed by atoms with Crippen molar-refractivity contribution < 1.29 is 31.9 Å². The van der Waals surface area contributed by atoms with Gasteiger partial charge in [-0.25, -0.2) is 18.7 Å². The Morgan fingerprint density at radius 3 is 1.00 bits per heavy atom. The molecule has 0 bridgehead atoms. The number of benzene rings is 12. The van der Waals surface area contributed by atoms with Gasteiger partial charge < -0.3 is 38.2 Å². The molecule has 5 aliphatic rings. The Kier molecular flexibility index (Phi) is 27.1. The predicted molar refractivity (Wildman–Crippen MR) is 596 cm³/mol. The van der Waals surface area contributed by atoms with Crippen LogP contribution in [-0.4, -0.2) is 40.2 Å². The van der Waals surface area contributed by atoms with E-state index in [1.54, 1.807) is 17.6 Å². The summed E-state index contributed by atoms with van der Waals surface area (Å²) in [4.78, 5) is 24.8. The fourth-order valence-electron chi connectivity index (χ4n) is 25.0. The van der Waals surface area contributed by atoms with Crippen molar-refractivity contribution in [2.24, 2.45) is 35.2 Å². The number of aromatic nitrogens is 7. The molecule has 0 fully saturated rings. The molecule has 0 spiro atoms. The number of thiazole rings is 1. The van der Waals surface area contributed by atoms with Crippen molar-refractivity contribution in [1.82, 2.24) is 9.36 Å². The number of hydrogen-bond acceptors (Lipinski definition) is 13. The van der Waals surface area contributed by atoms with Crippen LogP contribution in [0.15, 0.2) is 336 Å². The van der Waals surface area contributed by atoms with E-state index in [0.29, 0.717) is 12.1 Å². The molecule has 12 aromatic carbocycles. The number of fused-ring (bicyclic) bond motifs is 7. The van der Waals surface area contributed by atoms with E-state index in [2.05, 4.69) is 574 Å². The molecule has 0 radical (unpaired) electrons. The van der Waals surface area contributed by atoms with Crippen LogP contribution in [0.4, 0.5) is 85.7 Å². The highest BCUT2D eigenvalue weighted by Gasteiger charge is 2.55. The predicted octanol–water partition coefficient (Wildman–Crippen LogP) is 27.6. The smallest absolute Gasteiger partial charge is 0.396 e. The zero-order valence-electron chi connectivity index (χ0n) is 90.0. The Morgan fingerprint density at radius 1 is 0.326 bits per heavy atom. The first-order valence-electron chi connectivity index (χ1n) is 51.2. The van der Waals surface area contributed by atoms with Gasteiger partial charge in [-0.3, -0.25) is 0 Å². The summed E-state index contributed by atoms with van der Waals surface area (Å²) in [5.41, 5.74) is 28.3. The van der Waals surface area contributed by atoms with Crippen molar-refractivity contribution in [3.05, 3.63) is 383 Å². The van der Waals surface area contributed by atoms with E-state index < -0.39 is 0 Å². The monoisotopic (exact) mass is 1940 g/mol. The Hall–Kier alpha value is -14.4. The summed E-state index contributed by atoms with van der Waals surface area (Å²) < 4.78 is 27.9. The van der Waals surface area contributed by atoms with Crippen LogP contribution in [0.2, 0.25) is 0 Å². The maximum absolute atomic E-state index is 6.36. The van der Waals surface area contributed by atoms with Crippen LogP contribution in [-0.2, 0) is 62.9 Å². The summed E-state index contributed by atoms with van der Waals surface area (Å²) in [6, 6.07) is 109. The molecule has 144 heavy (non-hydrogen) atoms. The molecule has 17 aromatic rings. The summed E-state index contributed by atoms with van der Waals surface area (Å²) in [6.45, 7) is 54.7. The first-order valence-corrected chi connectivity index (χ1v) is 52.1. The third-order valence-electron chi connectivity index (χ3n) is 31.2. The Bertz CT molecular complexity index is 7370. The van der Waals surface area contributed by atoms with Crippen LogP contribution in [0, 0.1) is 34.6 Å². The number of hydrogen-bond donors (Lipinski definition) is 0. The van der Waals surface area contributed by atoms with Crippen molar-refractivity contribution in [3.8, 4) is 0 Å². The second-order valence-electron chi connectivity index (χ2n) is 42.7. The molecule has 0 N–H and O–H groups in total. The summed E-state index contributed by atoms with van der Waals surface area (Å²) >= 11 is 1.79. The average Bonchev–Trinajstić information content (AvgIpc) is 1.58. The van der Waals surface area contributed by atoms with Crippen LogP contribution in [0.25, 0.3) is 22.0 Å². The first kappa shape index (κ1) is 99.8. The Morgan fingerprint density at radius 2 is 0.646 bits per heavy atom. The molecule has 5 aliphatic heterocycles. The minimum Gasteiger partial charge on any atom is -0.396 e. The van der Waals surface area contributed by atoms with E-state index in [4.69, 9.17) is 8.83 Å². The van der Waals surface area contributed by atoms with Gasteiger partial charge in [-0.05, 0) is 307 Å². The summed E-state index contributed by atoms with van der Waals surface area (Å²) in [5, 5.41) is 4.69. The molecule has 20 heteroatoms. The molecule has 22 rings (SSSR count). The van der Waals surface area contributed by atoms with Crippen molar-refractivity contribution >= 4 is 119 Å². The Balaban J connectivity index is 0.000000119. The third-order valence-corrected chi connectivity index (χ3v) is 32.1. The van der Waals surface area contributed by atoms with Gasteiger partial charge in [0.2, 0.25) is 0 Å². The van der Waals surface area contributed by atoms with Gasteiger partial charge in [0.25, 0.3) is 0 Å². The van der Waals surface area contributed by atoms with Gasteiger partial charge in [-0.15, -0.1) is 9.36 Å². The van der Waals surface area contributed by atoms with Crippen molar-refractivity contribution in [2.75, 3.05) is 49.0 Å². The number of anilines is 15. The molecule has 19 nitrogen and oxygen atoms in total. The number of aryl methyl sites for hydroxylation is 8. The molecule has 0 aliphatic carbocycles. The van der Waals surface area contributed by atoms with E-state index in [-0.39, 0.29) is 58.5 Å². The topological polar surface area (TPSA) is 87.9 Å². The van der Waals surface area contributed by atoms with E-state index in [9.17, 15) is 0 Å². The van der Waals surface area contributed by atoms with Gasteiger partial charge in [0, 0.05) is 5.38 Å². The minimum absolute atomic E-state index is 0.0868. The molecule has 0 unspecified atom stereocenters. The highest BCUT2D eigenvalue weighted by molar-refractivity contribution is 7.13. The molecular weight excluding hydrogens is 1790 g/mol. The number of para-hydroxylation sites is 13. The SMILES string of the molecule is Cc1ccccc1C(C)(C)N1c2ccccc2N(c2c3ccccc3n(C(C)C)[n+]2C)[C@H]1C.Cc1ccccc1C(C)(C)N1c2ccccc2N(c2cc[n+](C(C)C)n2C)[C@H]1C.Cc1ccccc1C(C)(C)N1c2ccccc2N(c2oc3ccccc3[n+]2C)[C@H]1C.Cc1ccccc1C(C)(C)N1c2ccccc2N(c2occ[n+]2C)[C@H]1C.Cc1ccccc1C(C)(C)N1c2ccccc2N(c2scc[n+]2C)[C@H]1C.